The molecule has 0 bridgehead atoms. The number of hydrogen-bond donors (Lipinski definition) is 4. The van der Waals surface area contributed by atoms with Gasteiger partial charge in [-0.2, -0.15) is 0 Å². The number of hydrogen-bond acceptors (Lipinski definition) is 3. The fourth-order valence-electron chi connectivity index (χ4n) is 1.91. The van der Waals surface area contributed by atoms with Gasteiger partial charge in [-0.3, -0.25) is 4.79 Å². The van der Waals surface area contributed by atoms with Gasteiger partial charge in [0.05, 0.1) is 23.1 Å². The molecular formula is C13H18N4O2. The van der Waals surface area contributed by atoms with Crippen molar-refractivity contribution in [3.8, 4) is 0 Å². The Morgan fingerprint density at radius 1 is 1.37 bits per heavy atom. The van der Waals surface area contributed by atoms with Crippen molar-refractivity contribution in [3.63, 3.8) is 0 Å². The number of carbonyl (C=O) groups is 1. The molecule has 0 spiro atoms. The molecule has 1 aromatic heterocycles. The quantitative estimate of drug-likeness (QED) is 0.654. The van der Waals surface area contributed by atoms with Gasteiger partial charge >= 0.3 is 5.69 Å². The molecule has 0 radical (unpaired) electrons. The molecule has 0 saturated heterocycles. The summed E-state index contributed by atoms with van der Waals surface area (Å²) < 4.78 is 0. The first-order valence-corrected chi connectivity index (χ1v) is 6.29. The molecule has 2 unspecified atom stereocenters. The number of carbonyl (C=O) groups excluding carboxylic acids is 1. The molecule has 2 rings (SSSR count). The number of aromatic nitrogens is 2. The number of nitrogens with one attached hydrogen (secondary N) is 3. The highest BCUT2D eigenvalue weighted by Crippen LogP contribution is 2.17. The van der Waals surface area contributed by atoms with E-state index < -0.39 is 6.04 Å². The minimum Gasteiger partial charge on any atom is -0.348 e. The number of aromatic amines is 2. The second-order valence-corrected chi connectivity index (χ2v) is 4.63. The van der Waals surface area contributed by atoms with Crippen LogP contribution < -0.4 is 16.7 Å². The van der Waals surface area contributed by atoms with Crippen LogP contribution in [0.15, 0.2) is 23.0 Å². The molecule has 1 heterocycles. The van der Waals surface area contributed by atoms with Crippen LogP contribution >= 0.6 is 0 Å². The number of imidazole rings is 1. The SMILES string of the molecule is CCC(N)C(=O)NC(C)c1ccc2[nH]c(=O)[nH]c2c1. The standard InChI is InChI=1S/C13H18N4O2/c1-3-9(14)12(18)15-7(2)8-4-5-10-11(6-8)17-13(19)16-10/h4-7,9H,3,14H2,1-2H3,(H,15,18)(H2,16,17,19). The van der Waals surface area contributed by atoms with Gasteiger partial charge < -0.3 is 21.0 Å². The van der Waals surface area contributed by atoms with Crippen LogP contribution in [0.1, 0.15) is 31.9 Å². The third-order valence-corrected chi connectivity index (χ3v) is 3.18. The van der Waals surface area contributed by atoms with Gasteiger partial charge in [-0.25, -0.2) is 4.79 Å². The van der Waals surface area contributed by atoms with Crippen LogP contribution in [-0.4, -0.2) is 21.9 Å². The second-order valence-electron chi connectivity index (χ2n) is 4.63. The van der Waals surface area contributed by atoms with Crippen molar-refractivity contribution in [2.24, 2.45) is 5.73 Å². The monoisotopic (exact) mass is 262 g/mol. The first kappa shape index (κ1) is 13.4. The third-order valence-electron chi connectivity index (χ3n) is 3.18. The van der Waals surface area contributed by atoms with Crippen LogP contribution in [0.5, 0.6) is 0 Å². The maximum Gasteiger partial charge on any atom is 0.323 e. The van der Waals surface area contributed by atoms with Crippen molar-refractivity contribution in [2.45, 2.75) is 32.4 Å². The Labute approximate surface area is 110 Å². The van der Waals surface area contributed by atoms with Gasteiger partial charge in [0.15, 0.2) is 0 Å². The molecule has 5 N–H and O–H groups in total. The molecule has 19 heavy (non-hydrogen) atoms. The van der Waals surface area contributed by atoms with Gasteiger partial charge in [0.2, 0.25) is 5.91 Å². The Hall–Kier alpha value is -2.08. The summed E-state index contributed by atoms with van der Waals surface area (Å²) in [6.07, 6.45) is 0.600. The van der Waals surface area contributed by atoms with Crippen LogP contribution in [-0.2, 0) is 4.79 Å². The minimum atomic E-state index is -0.488. The first-order chi connectivity index (χ1) is 9.01. The van der Waals surface area contributed by atoms with E-state index in [4.69, 9.17) is 5.73 Å². The van der Waals surface area contributed by atoms with E-state index in [-0.39, 0.29) is 17.6 Å². The molecule has 0 saturated carbocycles. The Bertz CT molecular complexity index is 643. The van der Waals surface area contributed by atoms with Gasteiger partial charge in [-0.1, -0.05) is 13.0 Å². The van der Waals surface area contributed by atoms with E-state index in [0.717, 1.165) is 16.6 Å². The van der Waals surface area contributed by atoms with Crippen molar-refractivity contribution in [1.29, 1.82) is 0 Å². The van der Waals surface area contributed by atoms with E-state index in [9.17, 15) is 9.59 Å². The lowest BCUT2D eigenvalue weighted by molar-refractivity contribution is -0.123. The lowest BCUT2D eigenvalue weighted by atomic mass is 10.1. The predicted octanol–water partition coefficient (Wildman–Crippen LogP) is 0.771. The zero-order valence-electron chi connectivity index (χ0n) is 11.0. The average Bonchev–Trinajstić information content (AvgIpc) is 2.76. The number of H-pyrrole nitrogens is 2. The van der Waals surface area contributed by atoms with E-state index in [2.05, 4.69) is 15.3 Å². The van der Waals surface area contributed by atoms with Crippen molar-refractivity contribution in [3.05, 3.63) is 34.2 Å². The molecule has 0 aliphatic carbocycles. The van der Waals surface area contributed by atoms with Gasteiger partial charge in [-0.05, 0) is 31.0 Å². The molecule has 2 atom stereocenters. The van der Waals surface area contributed by atoms with Crippen molar-refractivity contribution >= 4 is 16.9 Å². The van der Waals surface area contributed by atoms with Crippen LogP contribution in [0.25, 0.3) is 11.0 Å². The highest BCUT2D eigenvalue weighted by atomic mass is 16.2. The third kappa shape index (κ3) is 2.85. The van der Waals surface area contributed by atoms with Gasteiger partial charge in [0.25, 0.3) is 0 Å². The number of rotatable bonds is 4. The van der Waals surface area contributed by atoms with Crippen LogP contribution in [0.3, 0.4) is 0 Å². The molecule has 0 fully saturated rings. The topological polar surface area (TPSA) is 104 Å². The summed E-state index contributed by atoms with van der Waals surface area (Å²) >= 11 is 0. The average molecular weight is 262 g/mol. The maximum atomic E-state index is 11.7. The summed E-state index contributed by atoms with van der Waals surface area (Å²) in [7, 11) is 0. The van der Waals surface area contributed by atoms with Crippen molar-refractivity contribution in [2.75, 3.05) is 0 Å². The first-order valence-electron chi connectivity index (χ1n) is 6.29. The summed E-state index contributed by atoms with van der Waals surface area (Å²) in [4.78, 5) is 28.3. The zero-order chi connectivity index (χ0) is 14.0. The summed E-state index contributed by atoms with van der Waals surface area (Å²) in [5, 5.41) is 2.85. The van der Waals surface area contributed by atoms with E-state index in [0.29, 0.717) is 6.42 Å². The van der Waals surface area contributed by atoms with E-state index in [1.165, 1.54) is 0 Å². The fraction of sp³-hybridized carbons (Fsp3) is 0.385. The molecule has 102 valence electrons. The van der Waals surface area contributed by atoms with Crippen LogP contribution in [0, 0.1) is 0 Å². The van der Waals surface area contributed by atoms with E-state index in [1.807, 2.05) is 32.0 Å². The second kappa shape index (κ2) is 5.27. The summed E-state index contributed by atoms with van der Waals surface area (Å²) in [6, 6.07) is 4.88. The molecule has 0 aliphatic rings. The Kier molecular flexibility index (Phi) is 3.71. The summed E-state index contributed by atoms with van der Waals surface area (Å²) in [5.74, 6) is -0.169. The number of benzene rings is 1. The van der Waals surface area contributed by atoms with E-state index in [1.54, 1.807) is 0 Å². The minimum absolute atomic E-state index is 0.159. The molecule has 1 amide bonds. The van der Waals surface area contributed by atoms with Crippen LogP contribution in [0.4, 0.5) is 0 Å². The van der Waals surface area contributed by atoms with Gasteiger partial charge in [-0.15, -0.1) is 0 Å². The summed E-state index contributed by atoms with van der Waals surface area (Å²) in [6.45, 7) is 3.75. The lowest BCUT2D eigenvalue weighted by Crippen LogP contribution is -2.41. The highest BCUT2D eigenvalue weighted by Gasteiger charge is 2.15. The Morgan fingerprint density at radius 3 is 2.74 bits per heavy atom. The van der Waals surface area contributed by atoms with Gasteiger partial charge in [0.1, 0.15) is 0 Å². The zero-order valence-corrected chi connectivity index (χ0v) is 11.0. The molecular weight excluding hydrogens is 244 g/mol. The number of amides is 1. The summed E-state index contributed by atoms with van der Waals surface area (Å²) in [5.41, 5.74) is 7.82. The highest BCUT2D eigenvalue weighted by molar-refractivity contribution is 5.82. The van der Waals surface area contributed by atoms with Crippen molar-refractivity contribution in [1.82, 2.24) is 15.3 Å². The molecule has 0 aliphatic heterocycles. The maximum absolute atomic E-state index is 11.7. The van der Waals surface area contributed by atoms with Crippen LogP contribution in [0.2, 0.25) is 0 Å². The fourth-order valence-corrected chi connectivity index (χ4v) is 1.91. The lowest BCUT2D eigenvalue weighted by Gasteiger charge is -2.17. The molecule has 2 aromatic rings. The van der Waals surface area contributed by atoms with Crippen molar-refractivity contribution < 1.29 is 4.79 Å². The predicted molar refractivity (Wildman–Crippen MR) is 73.7 cm³/mol. The molecule has 1 aromatic carbocycles. The smallest absolute Gasteiger partial charge is 0.323 e. The normalized spacial score (nSPS) is 14.3. The Morgan fingerprint density at radius 2 is 2.05 bits per heavy atom. The number of fused-ring (bicyclic) bond motifs is 1. The van der Waals surface area contributed by atoms with E-state index >= 15 is 0 Å². The largest absolute Gasteiger partial charge is 0.348 e. The number of nitrogens with two attached hydrogens (primary N) is 1. The van der Waals surface area contributed by atoms with Gasteiger partial charge in [0, 0.05) is 0 Å². The Balaban J connectivity index is 2.19. The molecule has 6 nitrogen and oxygen atoms in total. The molecule has 6 heteroatoms.